The van der Waals surface area contributed by atoms with Gasteiger partial charge in [0, 0.05) is 0 Å². The zero-order chi connectivity index (χ0) is 16.7. The van der Waals surface area contributed by atoms with Crippen LogP contribution in [-0.2, 0) is 9.59 Å². The second-order valence-electron chi connectivity index (χ2n) is 5.18. The van der Waals surface area contributed by atoms with E-state index in [1.54, 1.807) is 0 Å². The number of carbonyl (C=O) groups is 2. The minimum atomic E-state index is -1.07. The van der Waals surface area contributed by atoms with E-state index in [-0.39, 0.29) is 12.3 Å². The van der Waals surface area contributed by atoms with Gasteiger partial charge in [0.15, 0.2) is 0 Å². The van der Waals surface area contributed by atoms with Crippen LogP contribution in [0.2, 0.25) is 0 Å². The zero-order valence-electron chi connectivity index (χ0n) is 12.7. The van der Waals surface area contributed by atoms with Crippen molar-refractivity contribution in [3.8, 4) is 0 Å². The van der Waals surface area contributed by atoms with Crippen molar-refractivity contribution in [3.63, 3.8) is 0 Å². The van der Waals surface area contributed by atoms with Gasteiger partial charge in [0.1, 0.15) is 6.04 Å². The Labute approximate surface area is 135 Å². The van der Waals surface area contributed by atoms with E-state index in [2.05, 4.69) is 11.9 Å². The monoisotopic (exact) mass is 309 g/mol. The molecule has 118 valence electrons. The molecule has 0 fully saturated rings. The number of carboxylic acids is 1. The third kappa shape index (κ3) is 4.30. The van der Waals surface area contributed by atoms with Gasteiger partial charge in [-0.05, 0) is 17.5 Å². The fourth-order valence-corrected chi connectivity index (χ4v) is 2.43. The third-order valence-electron chi connectivity index (χ3n) is 3.54. The molecule has 2 aromatic rings. The van der Waals surface area contributed by atoms with Gasteiger partial charge in [0.2, 0.25) is 5.91 Å². The molecule has 2 aromatic carbocycles. The number of amides is 1. The van der Waals surface area contributed by atoms with Crippen molar-refractivity contribution in [2.75, 3.05) is 0 Å². The Balaban J connectivity index is 2.32. The highest BCUT2D eigenvalue weighted by Crippen LogP contribution is 2.25. The third-order valence-corrected chi connectivity index (χ3v) is 3.54. The number of aliphatic carboxylic acids is 1. The molecule has 4 heteroatoms. The first-order valence-electron chi connectivity index (χ1n) is 7.37. The summed E-state index contributed by atoms with van der Waals surface area (Å²) < 4.78 is 0. The normalized spacial score (nSPS) is 11.7. The van der Waals surface area contributed by atoms with Crippen molar-refractivity contribution in [1.82, 2.24) is 5.32 Å². The van der Waals surface area contributed by atoms with Gasteiger partial charge in [-0.2, -0.15) is 0 Å². The van der Waals surface area contributed by atoms with Gasteiger partial charge in [-0.25, -0.2) is 4.79 Å². The van der Waals surface area contributed by atoms with Crippen LogP contribution < -0.4 is 5.32 Å². The van der Waals surface area contributed by atoms with Gasteiger partial charge in [0.25, 0.3) is 0 Å². The first-order valence-corrected chi connectivity index (χ1v) is 7.37. The van der Waals surface area contributed by atoms with E-state index in [0.29, 0.717) is 0 Å². The van der Waals surface area contributed by atoms with Crippen molar-refractivity contribution >= 4 is 11.9 Å². The summed E-state index contributed by atoms with van der Waals surface area (Å²) in [4.78, 5) is 24.0. The summed E-state index contributed by atoms with van der Waals surface area (Å²) in [7, 11) is 0. The van der Waals surface area contributed by atoms with E-state index in [1.807, 2.05) is 60.7 Å². The summed E-state index contributed by atoms with van der Waals surface area (Å²) in [6.45, 7) is 3.54. The molecule has 0 radical (unpaired) electrons. The number of benzene rings is 2. The Morgan fingerprint density at radius 1 is 1.00 bits per heavy atom. The van der Waals surface area contributed by atoms with Crippen molar-refractivity contribution in [3.05, 3.63) is 84.4 Å². The summed E-state index contributed by atoms with van der Waals surface area (Å²) in [5, 5.41) is 11.8. The number of hydrogen-bond donors (Lipinski definition) is 2. The van der Waals surface area contributed by atoms with Gasteiger partial charge in [-0.3, -0.25) is 4.79 Å². The average molecular weight is 309 g/mol. The predicted octanol–water partition coefficient (Wildman–Crippen LogP) is 2.96. The summed E-state index contributed by atoms with van der Waals surface area (Å²) in [5.74, 6) is -1.96. The van der Waals surface area contributed by atoms with Crippen LogP contribution >= 0.6 is 0 Å². The highest BCUT2D eigenvalue weighted by molar-refractivity contribution is 5.90. The lowest BCUT2D eigenvalue weighted by Crippen LogP contribution is -2.43. The molecule has 1 amide bonds. The zero-order valence-corrected chi connectivity index (χ0v) is 12.7. The summed E-state index contributed by atoms with van der Waals surface area (Å²) in [6.07, 6.45) is 1.66. The van der Waals surface area contributed by atoms with Gasteiger partial charge >= 0.3 is 5.97 Å². The molecule has 2 N–H and O–H groups in total. The van der Waals surface area contributed by atoms with Gasteiger partial charge in [0.05, 0.1) is 5.92 Å². The van der Waals surface area contributed by atoms with Crippen molar-refractivity contribution < 1.29 is 14.7 Å². The van der Waals surface area contributed by atoms with Crippen LogP contribution in [0, 0.1) is 0 Å². The SMILES string of the molecule is C=CC[C@@H](NC(=O)C(c1ccccc1)c1ccccc1)C(=O)O. The van der Waals surface area contributed by atoms with E-state index in [9.17, 15) is 14.7 Å². The minimum Gasteiger partial charge on any atom is -0.480 e. The molecule has 0 aliphatic carbocycles. The lowest BCUT2D eigenvalue weighted by Gasteiger charge is -2.20. The lowest BCUT2D eigenvalue weighted by atomic mass is 9.90. The van der Waals surface area contributed by atoms with E-state index in [1.165, 1.54) is 6.08 Å². The summed E-state index contributed by atoms with van der Waals surface area (Å²) in [5.41, 5.74) is 1.64. The molecular formula is C19H19NO3. The molecule has 0 heterocycles. The largest absolute Gasteiger partial charge is 0.480 e. The maximum atomic E-state index is 12.7. The highest BCUT2D eigenvalue weighted by Gasteiger charge is 2.26. The van der Waals surface area contributed by atoms with E-state index in [4.69, 9.17) is 0 Å². The molecule has 0 aliphatic heterocycles. The minimum absolute atomic E-state index is 0.178. The van der Waals surface area contributed by atoms with Crippen LogP contribution in [0.25, 0.3) is 0 Å². The molecule has 0 saturated heterocycles. The van der Waals surface area contributed by atoms with Crippen LogP contribution in [0.5, 0.6) is 0 Å². The van der Waals surface area contributed by atoms with E-state index < -0.39 is 17.9 Å². The van der Waals surface area contributed by atoms with Crippen LogP contribution in [0.1, 0.15) is 23.5 Å². The van der Waals surface area contributed by atoms with E-state index in [0.717, 1.165) is 11.1 Å². The molecule has 0 aromatic heterocycles. The first kappa shape index (κ1) is 16.5. The second-order valence-corrected chi connectivity index (χ2v) is 5.18. The summed E-state index contributed by atoms with van der Waals surface area (Å²) in [6, 6.07) is 17.7. The Morgan fingerprint density at radius 3 is 1.87 bits per heavy atom. The number of nitrogens with one attached hydrogen (secondary N) is 1. The smallest absolute Gasteiger partial charge is 0.326 e. The highest BCUT2D eigenvalue weighted by atomic mass is 16.4. The topological polar surface area (TPSA) is 66.4 Å². The molecule has 23 heavy (non-hydrogen) atoms. The molecule has 0 bridgehead atoms. The Bertz CT molecular complexity index is 628. The van der Waals surface area contributed by atoms with Crippen molar-refractivity contribution in [2.24, 2.45) is 0 Å². The molecule has 0 unspecified atom stereocenters. The summed E-state index contributed by atoms with van der Waals surface area (Å²) >= 11 is 0. The molecule has 0 aliphatic rings. The second kappa shape index (κ2) is 7.94. The van der Waals surface area contributed by atoms with Gasteiger partial charge in [-0.15, -0.1) is 6.58 Å². The van der Waals surface area contributed by atoms with Gasteiger partial charge in [-0.1, -0.05) is 66.7 Å². The lowest BCUT2D eigenvalue weighted by molar-refractivity contribution is -0.141. The number of carboxylic acid groups (broad SMARTS) is 1. The maximum absolute atomic E-state index is 12.7. The number of hydrogen-bond acceptors (Lipinski definition) is 2. The first-order chi connectivity index (χ1) is 11.1. The maximum Gasteiger partial charge on any atom is 0.326 e. The molecular weight excluding hydrogens is 290 g/mol. The fraction of sp³-hybridized carbons (Fsp3) is 0.158. The van der Waals surface area contributed by atoms with E-state index >= 15 is 0 Å². The van der Waals surface area contributed by atoms with Crippen LogP contribution in [0.15, 0.2) is 73.3 Å². The Hall–Kier alpha value is -2.88. The predicted molar refractivity (Wildman–Crippen MR) is 89.1 cm³/mol. The number of carbonyl (C=O) groups excluding carboxylic acids is 1. The van der Waals surface area contributed by atoms with Crippen LogP contribution in [-0.4, -0.2) is 23.0 Å². The molecule has 1 atom stereocenters. The molecule has 2 rings (SSSR count). The van der Waals surface area contributed by atoms with Crippen molar-refractivity contribution in [1.29, 1.82) is 0 Å². The van der Waals surface area contributed by atoms with Crippen LogP contribution in [0.4, 0.5) is 0 Å². The standard InChI is InChI=1S/C19H19NO3/c1-2-9-16(19(22)23)20-18(21)17(14-10-5-3-6-11-14)15-12-7-4-8-13-15/h2-8,10-13,16-17H,1,9H2,(H,20,21)(H,22,23)/t16-/m1/s1. The quantitative estimate of drug-likeness (QED) is 0.773. The number of rotatable bonds is 7. The van der Waals surface area contributed by atoms with Gasteiger partial charge < -0.3 is 10.4 Å². The fourth-order valence-electron chi connectivity index (χ4n) is 2.43. The Morgan fingerprint density at radius 2 is 1.48 bits per heavy atom. The van der Waals surface area contributed by atoms with Crippen molar-refractivity contribution in [2.45, 2.75) is 18.4 Å². The van der Waals surface area contributed by atoms with Crippen LogP contribution in [0.3, 0.4) is 0 Å². The average Bonchev–Trinajstić information content (AvgIpc) is 2.56. The molecule has 0 saturated carbocycles. The molecule has 0 spiro atoms. The molecule has 4 nitrogen and oxygen atoms in total. The Kier molecular flexibility index (Phi) is 5.69.